The van der Waals surface area contributed by atoms with Gasteiger partial charge in [0.2, 0.25) is 6.10 Å². The van der Waals surface area contributed by atoms with E-state index in [1.54, 1.807) is 18.2 Å². The van der Waals surface area contributed by atoms with Crippen molar-refractivity contribution < 1.29 is 14.9 Å². The summed E-state index contributed by atoms with van der Waals surface area (Å²) in [5, 5.41) is 20.8. The zero-order valence-electron chi connectivity index (χ0n) is 13.8. The van der Waals surface area contributed by atoms with E-state index in [9.17, 15) is 10.2 Å². The van der Waals surface area contributed by atoms with Gasteiger partial charge in [-0.2, -0.15) is 0 Å². The van der Waals surface area contributed by atoms with Crippen molar-refractivity contribution in [3.63, 3.8) is 0 Å². The average molecular weight is 323 g/mol. The summed E-state index contributed by atoms with van der Waals surface area (Å²) >= 11 is 0. The van der Waals surface area contributed by atoms with E-state index in [-0.39, 0.29) is 11.5 Å². The lowest BCUT2D eigenvalue weighted by Crippen LogP contribution is -2.20. The van der Waals surface area contributed by atoms with Crippen molar-refractivity contribution in [1.82, 2.24) is 0 Å². The monoisotopic (exact) mass is 323 g/mol. The Kier molecular flexibility index (Phi) is 5.69. The second-order valence-corrected chi connectivity index (χ2v) is 5.57. The fourth-order valence-corrected chi connectivity index (χ4v) is 2.90. The van der Waals surface area contributed by atoms with Gasteiger partial charge in [-0.3, -0.25) is 0 Å². The van der Waals surface area contributed by atoms with Gasteiger partial charge >= 0.3 is 0 Å². The lowest BCUT2D eigenvalue weighted by atomic mass is 9.88. The van der Waals surface area contributed by atoms with Crippen LogP contribution >= 0.6 is 0 Å². The van der Waals surface area contributed by atoms with Crippen LogP contribution in [0, 0.1) is 6.10 Å². The Labute approximate surface area is 143 Å². The Bertz CT molecular complexity index is 710. The van der Waals surface area contributed by atoms with Crippen molar-refractivity contribution >= 4 is 5.76 Å². The minimum absolute atomic E-state index is 0.166. The number of benzene rings is 1. The number of rotatable bonds is 8. The van der Waals surface area contributed by atoms with Crippen molar-refractivity contribution in [1.29, 1.82) is 0 Å². The smallest absolute Gasteiger partial charge is 0.219 e. The predicted molar refractivity (Wildman–Crippen MR) is 99.0 cm³/mol. The molecule has 3 heteroatoms. The standard InChI is InChI=1S/C21H23O3/c1-5-9-14-13-15(10-6-2)18-20(23)19(22)17(12-8-4)24-21(18)16(14)11-7-3/h5-8,13,22-23H,1-4,9-12H2. The summed E-state index contributed by atoms with van der Waals surface area (Å²) < 4.78 is 5.97. The number of fused-ring (bicyclic) bond motifs is 1. The summed E-state index contributed by atoms with van der Waals surface area (Å²) in [5.41, 5.74) is 3.37. The number of hydrogen-bond donors (Lipinski definition) is 2. The van der Waals surface area contributed by atoms with Gasteiger partial charge in [-0.1, -0.05) is 30.4 Å². The number of aliphatic hydroxyl groups is 2. The molecule has 0 unspecified atom stereocenters. The maximum Gasteiger partial charge on any atom is 0.219 e. The van der Waals surface area contributed by atoms with Crippen LogP contribution in [0.5, 0.6) is 5.75 Å². The highest BCUT2D eigenvalue weighted by Gasteiger charge is 2.33. The zero-order valence-corrected chi connectivity index (χ0v) is 13.8. The Morgan fingerprint density at radius 1 is 0.792 bits per heavy atom. The quantitative estimate of drug-likeness (QED) is 0.650. The van der Waals surface area contributed by atoms with E-state index in [0.29, 0.717) is 43.1 Å². The van der Waals surface area contributed by atoms with Crippen LogP contribution in [0.2, 0.25) is 0 Å². The fraction of sp³-hybridized carbons (Fsp3) is 0.190. The molecular weight excluding hydrogens is 300 g/mol. The molecule has 0 aromatic heterocycles. The molecule has 0 bridgehead atoms. The predicted octanol–water partition coefficient (Wildman–Crippen LogP) is 5.16. The molecule has 0 saturated heterocycles. The Balaban J connectivity index is 2.76. The molecule has 2 N–H and O–H groups in total. The minimum atomic E-state index is -0.242. The molecule has 0 atom stereocenters. The van der Waals surface area contributed by atoms with Gasteiger partial charge in [-0.05, 0) is 30.4 Å². The van der Waals surface area contributed by atoms with Crippen LogP contribution in [0.1, 0.15) is 28.7 Å². The molecule has 1 aromatic carbocycles. The van der Waals surface area contributed by atoms with Crippen LogP contribution in [0.3, 0.4) is 0 Å². The van der Waals surface area contributed by atoms with Gasteiger partial charge in [0, 0.05) is 12.0 Å². The van der Waals surface area contributed by atoms with Gasteiger partial charge in [0.1, 0.15) is 5.75 Å². The third kappa shape index (κ3) is 3.16. The lowest BCUT2D eigenvalue weighted by molar-refractivity contribution is 0.244. The van der Waals surface area contributed by atoms with Crippen molar-refractivity contribution in [3.8, 4) is 5.75 Å². The van der Waals surface area contributed by atoms with Gasteiger partial charge in [-0.15, -0.1) is 26.3 Å². The van der Waals surface area contributed by atoms with Crippen LogP contribution in [0.25, 0.3) is 5.76 Å². The summed E-state index contributed by atoms with van der Waals surface area (Å²) in [7, 11) is 0. The first-order chi connectivity index (χ1) is 11.6. The summed E-state index contributed by atoms with van der Waals surface area (Å²) in [6.45, 7) is 15.1. The Morgan fingerprint density at radius 3 is 1.96 bits per heavy atom. The summed E-state index contributed by atoms with van der Waals surface area (Å²) in [6.07, 6.45) is 9.44. The maximum absolute atomic E-state index is 10.6. The van der Waals surface area contributed by atoms with Gasteiger partial charge < -0.3 is 14.9 Å². The number of allylic oxidation sites excluding steroid dienone is 3. The summed E-state index contributed by atoms with van der Waals surface area (Å²) in [6, 6.07) is 2.01. The van der Waals surface area contributed by atoms with Crippen LogP contribution in [0.4, 0.5) is 0 Å². The molecule has 125 valence electrons. The first-order valence-corrected chi connectivity index (χ1v) is 7.86. The molecule has 1 heterocycles. The molecule has 24 heavy (non-hydrogen) atoms. The van der Waals surface area contributed by atoms with E-state index >= 15 is 0 Å². The van der Waals surface area contributed by atoms with Gasteiger partial charge in [0.25, 0.3) is 0 Å². The molecule has 3 nitrogen and oxygen atoms in total. The minimum Gasteiger partial charge on any atom is -0.505 e. The number of ether oxygens (including phenoxy) is 1. The molecule has 0 amide bonds. The second-order valence-electron chi connectivity index (χ2n) is 5.57. The normalized spacial score (nSPS) is 13.8. The molecule has 1 aliphatic heterocycles. The van der Waals surface area contributed by atoms with Gasteiger partial charge in [0.15, 0.2) is 11.5 Å². The second kappa shape index (κ2) is 7.73. The lowest BCUT2D eigenvalue weighted by Gasteiger charge is -2.29. The average Bonchev–Trinajstić information content (AvgIpc) is 2.56. The number of hydrogen-bond acceptors (Lipinski definition) is 3. The van der Waals surface area contributed by atoms with E-state index in [4.69, 9.17) is 4.74 Å². The van der Waals surface area contributed by atoms with Crippen molar-refractivity contribution in [2.24, 2.45) is 0 Å². The van der Waals surface area contributed by atoms with E-state index in [2.05, 4.69) is 26.3 Å². The first-order valence-electron chi connectivity index (χ1n) is 7.86. The summed E-state index contributed by atoms with van der Waals surface area (Å²) in [4.78, 5) is 0. The highest BCUT2D eigenvalue weighted by atomic mass is 16.5. The molecular formula is C21H23O3. The molecule has 1 radical (unpaired) electrons. The Morgan fingerprint density at radius 2 is 1.38 bits per heavy atom. The van der Waals surface area contributed by atoms with E-state index < -0.39 is 0 Å². The van der Waals surface area contributed by atoms with Crippen LogP contribution in [-0.2, 0) is 19.3 Å². The van der Waals surface area contributed by atoms with Crippen molar-refractivity contribution in [2.45, 2.75) is 25.7 Å². The number of aliphatic hydroxyl groups excluding tert-OH is 2. The molecule has 0 saturated carbocycles. The van der Waals surface area contributed by atoms with E-state index in [1.807, 2.05) is 12.1 Å². The Hall–Kier alpha value is -2.68. The molecule has 0 fully saturated rings. The van der Waals surface area contributed by atoms with Crippen molar-refractivity contribution in [2.75, 3.05) is 0 Å². The molecule has 2 rings (SSSR count). The zero-order chi connectivity index (χ0) is 17.7. The molecule has 0 spiro atoms. The topological polar surface area (TPSA) is 49.7 Å². The van der Waals surface area contributed by atoms with E-state index in [1.165, 1.54) is 0 Å². The molecule has 1 aliphatic rings. The highest BCUT2D eigenvalue weighted by Crippen LogP contribution is 2.44. The largest absolute Gasteiger partial charge is 0.505 e. The van der Waals surface area contributed by atoms with Gasteiger partial charge in [0.05, 0.1) is 5.56 Å². The van der Waals surface area contributed by atoms with Crippen LogP contribution in [0.15, 0.2) is 62.4 Å². The highest BCUT2D eigenvalue weighted by molar-refractivity contribution is 5.76. The van der Waals surface area contributed by atoms with Crippen LogP contribution < -0.4 is 4.74 Å². The molecule has 1 aromatic rings. The fourth-order valence-electron chi connectivity index (χ4n) is 2.90. The van der Waals surface area contributed by atoms with Crippen LogP contribution in [-0.4, -0.2) is 10.2 Å². The van der Waals surface area contributed by atoms with Crippen molar-refractivity contribution in [3.05, 3.63) is 90.8 Å². The SMILES string of the molecule is C=CC[C]1Oc2c(CC=C)c(CC=C)cc(CC=C)c2C(O)=C1O. The summed E-state index contributed by atoms with van der Waals surface area (Å²) in [5.74, 6) is 0.160. The molecule has 0 aliphatic carbocycles. The van der Waals surface area contributed by atoms with Gasteiger partial charge in [-0.25, -0.2) is 0 Å². The third-order valence-corrected chi connectivity index (χ3v) is 3.92. The third-order valence-electron chi connectivity index (χ3n) is 3.92. The first kappa shape index (κ1) is 17.7. The van der Waals surface area contributed by atoms with E-state index in [0.717, 1.165) is 16.7 Å². The maximum atomic E-state index is 10.6.